The first-order valence-electron chi connectivity index (χ1n) is 9.02. The summed E-state index contributed by atoms with van der Waals surface area (Å²) in [5.74, 6) is -0.771. The number of nitrogens with one attached hydrogen (secondary N) is 1. The molecule has 29 heavy (non-hydrogen) atoms. The van der Waals surface area contributed by atoms with Gasteiger partial charge in [0.25, 0.3) is 5.91 Å². The molecule has 1 amide bonds. The molecule has 0 unspecified atom stereocenters. The Morgan fingerprint density at radius 2 is 1.66 bits per heavy atom. The third-order valence-electron chi connectivity index (χ3n) is 4.26. The van der Waals surface area contributed by atoms with E-state index in [1.165, 1.54) is 12.1 Å². The van der Waals surface area contributed by atoms with Gasteiger partial charge < -0.3 is 19.2 Å². The molecule has 0 saturated carbocycles. The summed E-state index contributed by atoms with van der Waals surface area (Å²) in [6.45, 7) is 5.00. The standard InChI is InChI=1S/C22H21NO6/c1-13-8-14(2)22(15(3)9-13)23-19(24)11-28-21(26)12-27-17-6-4-16-5-7-20(25)29-18(16)10-17/h4-10H,11-12H2,1-3H3,(H,23,24). The summed E-state index contributed by atoms with van der Waals surface area (Å²) in [4.78, 5) is 35.2. The Morgan fingerprint density at radius 3 is 2.38 bits per heavy atom. The van der Waals surface area contributed by atoms with E-state index in [1.807, 2.05) is 32.9 Å². The molecule has 0 fully saturated rings. The van der Waals surface area contributed by atoms with Gasteiger partial charge in [0.2, 0.25) is 0 Å². The molecular formula is C22H21NO6. The molecule has 1 aromatic heterocycles. The maximum atomic E-state index is 12.1. The van der Waals surface area contributed by atoms with Crippen LogP contribution in [0.15, 0.2) is 51.7 Å². The van der Waals surface area contributed by atoms with Crippen molar-refractivity contribution < 1.29 is 23.5 Å². The minimum atomic E-state index is -0.688. The normalized spacial score (nSPS) is 10.6. The molecule has 1 heterocycles. The number of amides is 1. The van der Waals surface area contributed by atoms with E-state index in [-0.39, 0.29) is 6.61 Å². The van der Waals surface area contributed by atoms with Crippen molar-refractivity contribution in [1.82, 2.24) is 0 Å². The lowest BCUT2D eigenvalue weighted by Crippen LogP contribution is -2.24. The van der Waals surface area contributed by atoms with E-state index in [1.54, 1.807) is 18.2 Å². The molecule has 0 aliphatic heterocycles. The summed E-state index contributed by atoms with van der Waals surface area (Å²) >= 11 is 0. The Morgan fingerprint density at radius 1 is 0.966 bits per heavy atom. The third kappa shape index (κ3) is 5.22. The summed E-state index contributed by atoms with van der Waals surface area (Å²) < 4.78 is 15.4. The molecule has 0 aliphatic rings. The molecule has 7 nitrogen and oxygen atoms in total. The summed E-state index contributed by atoms with van der Waals surface area (Å²) in [5.41, 5.74) is 3.58. The van der Waals surface area contributed by atoms with Gasteiger partial charge in [-0.3, -0.25) is 4.79 Å². The molecule has 0 atom stereocenters. The molecule has 3 aromatic rings. The molecule has 0 aliphatic carbocycles. The lowest BCUT2D eigenvalue weighted by Gasteiger charge is -2.13. The number of hydrogen-bond acceptors (Lipinski definition) is 6. The van der Waals surface area contributed by atoms with Crippen LogP contribution in [-0.4, -0.2) is 25.1 Å². The van der Waals surface area contributed by atoms with Crippen molar-refractivity contribution in [3.8, 4) is 5.75 Å². The number of hydrogen-bond donors (Lipinski definition) is 1. The lowest BCUT2D eigenvalue weighted by molar-refractivity contribution is -0.149. The number of aryl methyl sites for hydroxylation is 3. The fraction of sp³-hybridized carbons (Fsp3) is 0.227. The highest BCUT2D eigenvalue weighted by Crippen LogP contribution is 2.22. The second-order valence-electron chi connectivity index (χ2n) is 6.73. The first kappa shape index (κ1) is 20.1. The zero-order chi connectivity index (χ0) is 21.0. The summed E-state index contributed by atoms with van der Waals surface area (Å²) in [7, 11) is 0. The number of anilines is 1. The molecule has 0 saturated heterocycles. The number of rotatable bonds is 6. The molecule has 0 bridgehead atoms. The van der Waals surface area contributed by atoms with Gasteiger partial charge in [0, 0.05) is 23.2 Å². The average molecular weight is 395 g/mol. The Kier molecular flexibility index (Phi) is 5.97. The van der Waals surface area contributed by atoms with E-state index in [9.17, 15) is 14.4 Å². The van der Waals surface area contributed by atoms with Crippen LogP contribution < -0.4 is 15.7 Å². The van der Waals surface area contributed by atoms with Crippen LogP contribution in [0.2, 0.25) is 0 Å². The summed E-state index contributed by atoms with van der Waals surface area (Å²) in [6.07, 6.45) is 0. The largest absolute Gasteiger partial charge is 0.482 e. The Labute approximate surface area is 167 Å². The van der Waals surface area contributed by atoms with Crippen molar-refractivity contribution in [2.75, 3.05) is 18.5 Å². The van der Waals surface area contributed by atoms with E-state index in [0.717, 1.165) is 22.1 Å². The highest BCUT2D eigenvalue weighted by Gasteiger charge is 2.12. The highest BCUT2D eigenvalue weighted by atomic mass is 16.6. The van der Waals surface area contributed by atoms with Gasteiger partial charge in [-0.15, -0.1) is 0 Å². The van der Waals surface area contributed by atoms with Crippen molar-refractivity contribution in [2.45, 2.75) is 20.8 Å². The van der Waals surface area contributed by atoms with Crippen molar-refractivity contribution in [2.24, 2.45) is 0 Å². The van der Waals surface area contributed by atoms with Crippen molar-refractivity contribution in [1.29, 1.82) is 0 Å². The quantitative estimate of drug-likeness (QED) is 0.508. The van der Waals surface area contributed by atoms with E-state index in [4.69, 9.17) is 13.9 Å². The number of carbonyl (C=O) groups excluding carboxylic acids is 2. The van der Waals surface area contributed by atoms with Gasteiger partial charge in [-0.25, -0.2) is 9.59 Å². The Balaban J connectivity index is 1.51. The lowest BCUT2D eigenvalue weighted by atomic mass is 10.1. The fourth-order valence-electron chi connectivity index (χ4n) is 3.01. The van der Waals surface area contributed by atoms with Gasteiger partial charge >= 0.3 is 11.6 Å². The minimum absolute atomic E-state index is 0.346. The van der Waals surface area contributed by atoms with E-state index < -0.39 is 24.1 Å². The summed E-state index contributed by atoms with van der Waals surface area (Å²) in [6, 6.07) is 11.8. The van der Waals surface area contributed by atoms with Crippen LogP contribution in [0.5, 0.6) is 5.75 Å². The van der Waals surface area contributed by atoms with Crippen LogP contribution in [0.3, 0.4) is 0 Å². The summed E-state index contributed by atoms with van der Waals surface area (Å²) in [5, 5.41) is 3.50. The number of esters is 1. The van der Waals surface area contributed by atoms with E-state index >= 15 is 0 Å². The zero-order valence-electron chi connectivity index (χ0n) is 16.4. The van der Waals surface area contributed by atoms with E-state index in [0.29, 0.717) is 17.0 Å². The molecule has 0 radical (unpaired) electrons. The number of fused-ring (bicyclic) bond motifs is 1. The van der Waals surface area contributed by atoms with Gasteiger partial charge in [0.15, 0.2) is 13.2 Å². The van der Waals surface area contributed by atoms with Crippen molar-refractivity contribution >= 4 is 28.5 Å². The van der Waals surface area contributed by atoms with Crippen LogP contribution in [0.4, 0.5) is 5.69 Å². The minimum Gasteiger partial charge on any atom is -0.482 e. The first-order valence-corrected chi connectivity index (χ1v) is 9.02. The second-order valence-corrected chi connectivity index (χ2v) is 6.73. The van der Waals surface area contributed by atoms with Gasteiger partial charge in [0.1, 0.15) is 11.3 Å². The smallest absolute Gasteiger partial charge is 0.344 e. The van der Waals surface area contributed by atoms with Crippen molar-refractivity contribution in [3.05, 3.63) is 69.6 Å². The zero-order valence-corrected chi connectivity index (χ0v) is 16.4. The predicted molar refractivity (Wildman–Crippen MR) is 108 cm³/mol. The molecule has 7 heteroatoms. The number of ether oxygens (including phenoxy) is 2. The topological polar surface area (TPSA) is 94.8 Å². The highest BCUT2D eigenvalue weighted by molar-refractivity contribution is 5.94. The Bertz CT molecular complexity index is 1110. The number of carbonyl (C=O) groups is 2. The monoisotopic (exact) mass is 395 g/mol. The molecule has 150 valence electrons. The van der Waals surface area contributed by atoms with Gasteiger partial charge in [0.05, 0.1) is 0 Å². The van der Waals surface area contributed by atoms with Crippen LogP contribution in [0.1, 0.15) is 16.7 Å². The van der Waals surface area contributed by atoms with Gasteiger partial charge in [-0.05, 0) is 50.1 Å². The second kappa shape index (κ2) is 8.60. The van der Waals surface area contributed by atoms with Gasteiger partial charge in [-0.2, -0.15) is 0 Å². The SMILES string of the molecule is Cc1cc(C)c(NC(=O)COC(=O)COc2ccc3ccc(=O)oc3c2)c(C)c1. The van der Waals surface area contributed by atoms with Crippen LogP contribution in [-0.2, 0) is 14.3 Å². The number of benzene rings is 2. The average Bonchev–Trinajstić information content (AvgIpc) is 2.67. The molecule has 1 N–H and O–H groups in total. The Hall–Kier alpha value is -3.61. The fourth-order valence-corrected chi connectivity index (χ4v) is 3.01. The maximum Gasteiger partial charge on any atom is 0.344 e. The van der Waals surface area contributed by atoms with Crippen molar-refractivity contribution in [3.63, 3.8) is 0 Å². The molecule has 2 aromatic carbocycles. The predicted octanol–water partition coefficient (Wildman–Crippen LogP) is 3.28. The third-order valence-corrected chi connectivity index (χ3v) is 4.26. The van der Waals surface area contributed by atoms with Gasteiger partial charge in [-0.1, -0.05) is 17.7 Å². The molecule has 0 spiro atoms. The molecular weight excluding hydrogens is 374 g/mol. The van der Waals surface area contributed by atoms with Crippen LogP contribution in [0, 0.1) is 20.8 Å². The van der Waals surface area contributed by atoms with E-state index in [2.05, 4.69) is 5.32 Å². The first-order chi connectivity index (χ1) is 13.8. The molecule has 3 rings (SSSR count). The van der Waals surface area contributed by atoms with Crippen LogP contribution in [0.25, 0.3) is 11.0 Å². The maximum absolute atomic E-state index is 12.1. The van der Waals surface area contributed by atoms with Crippen LogP contribution >= 0.6 is 0 Å².